The van der Waals surface area contributed by atoms with Crippen LogP contribution in [-0.4, -0.2) is 42.0 Å². The summed E-state index contributed by atoms with van der Waals surface area (Å²) in [6, 6.07) is 18.9. The molecule has 0 atom stereocenters. The van der Waals surface area contributed by atoms with Gasteiger partial charge in [-0.2, -0.15) is 0 Å². The fraction of sp³-hybridized carbons (Fsp3) is 0.355. The van der Waals surface area contributed by atoms with Crippen LogP contribution in [-0.2, 0) is 6.54 Å². The van der Waals surface area contributed by atoms with Crippen molar-refractivity contribution < 1.29 is 9.53 Å². The van der Waals surface area contributed by atoms with E-state index < -0.39 is 0 Å². The highest BCUT2D eigenvalue weighted by molar-refractivity contribution is 7.21. The molecular formula is C31H34ClN3O2S. The van der Waals surface area contributed by atoms with Gasteiger partial charge in [-0.25, -0.2) is 0 Å². The second kappa shape index (κ2) is 11.4. The first-order valence-corrected chi connectivity index (χ1v) is 14.4. The molecule has 198 valence electrons. The van der Waals surface area contributed by atoms with E-state index in [1.807, 2.05) is 62.2 Å². The van der Waals surface area contributed by atoms with E-state index in [0.29, 0.717) is 22.5 Å². The maximum atomic E-state index is 14.2. The van der Waals surface area contributed by atoms with Gasteiger partial charge in [0.05, 0.1) is 12.1 Å². The van der Waals surface area contributed by atoms with Crippen molar-refractivity contribution in [2.75, 3.05) is 14.2 Å². The molecular weight excluding hydrogens is 514 g/mol. The quantitative estimate of drug-likeness (QED) is 0.261. The molecule has 5 rings (SSSR count). The van der Waals surface area contributed by atoms with E-state index in [9.17, 15) is 4.79 Å². The number of fused-ring (bicyclic) bond motifs is 1. The summed E-state index contributed by atoms with van der Waals surface area (Å²) >= 11 is 8.28. The van der Waals surface area contributed by atoms with Crippen LogP contribution < -0.4 is 10.1 Å². The molecule has 2 aromatic heterocycles. The van der Waals surface area contributed by atoms with Gasteiger partial charge in [0, 0.05) is 51.2 Å². The van der Waals surface area contributed by atoms with Gasteiger partial charge in [0.2, 0.25) is 0 Å². The molecule has 1 saturated carbocycles. The van der Waals surface area contributed by atoms with Gasteiger partial charge in [0.15, 0.2) is 0 Å². The zero-order valence-electron chi connectivity index (χ0n) is 22.4. The van der Waals surface area contributed by atoms with E-state index >= 15 is 0 Å². The van der Waals surface area contributed by atoms with Crippen LogP contribution in [0.3, 0.4) is 0 Å². The third kappa shape index (κ3) is 5.31. The molecule has 0 radical (unpaired) electrons. The smallest absolute Gasteiger partial charge is 0.266 e. The van der Waals surface area contributed by atoms with E-state index in [1.165, 1.54) is 11.3 Å². The van der Waals surface area contributed by atoms with E-state index in [0.717, 1.165) is 69.6 Å². The van der Waals surface area contributed by atoms with Crippen molar-refractivity contribution >= 4 is 38.9 Å². The van der Waals surface area contributed by atoms with E-state index in [-0.39, 0.29) is 11.9 Å². The summed E-state index contributed by atoms with van der Waals surface area (Å²) in [6.07, 6.45) is 3.97. The van der Waals surface area contributed by atoms with E-state index in [4.69, 9.17) is 16.3 Å². The number of thiophene rings is 1. The van der Waals surface area contributed by atoms with Crippen LogP contribution in [0.2, 0.25) is 5.02 Å². The average molecular weight is 548 g/mol. The van der Waals surface area contributed by atoms with Crippen molar-refractivity contribution in [1.82, 2.24) is 15.2 Å². The number of hydrogen-bond acceptors (Lipinski definition) is 5. The minimum Gasteiger partial charge on any atom is -0.496 e. The maximum absolute atomic E-state index is 14.2. The molecule has 1 aliphatic rings. The van der Waals surface area contributed by atoms with Gasteiger partial charge in [-0.3, -0.25) is 9.78 Å². The fourth-order valence-corrected chi connectivity index (χ4v) is 7.04. The second-order valence-electron chi connectivity index (χ2n) is 10.1. The number of nitrogens with one attached hydrogen (secondary N) is 1. The molecule has 5 nitrogen and oxygen atoms in total. The summed E-state index contributed by atoms with van der Waals surface area (Å²) in [4.78, 5) is 21.5. The molecule has 7 heteroatoms. The standard InChI is InChI=1S/C31H34ClN3O2S/c1-19-9-15-25(20(2)34-19)21-10-16-27(37-4)22(17-21)18-35(24-13-11-23(33-3)12-14-24)31(36)30-29(32)26-7-5-6-8-28(26)38-30/h5-10,15-17,23-24,33H,11-14,18H2,1-4H3. The molecule has 2 heterocycles. The Kier molecular flexibility index (Phi) is 8.03. The average Bonchev–Trinajstić information content (AvgIpc) is 3.28. The first-order valence-electron chi connectivity index (χ1n) is 13.2. The van der Waals surface area contributed by atoms with Crippen LogP contribution in [0.1, 0.15) is 52.3 Å². The number of carbonyl (C=O) groups is 1. The minimum absolute atomic E-state index is 0.00949. The van der Waals surface area contributed by atoms with Crippen molar-refractivity contribution in [3.05, 3.63) is 81.4 Å². The third-order valence-corrected chi connectivity index (χ3v) is 9.36. The van der Waals surface area contributed by atoms with Crippen LogP contribution in [0, 0.1) is 13.8 Å². The predicted molar refractivity (Wildman–Crippen MR) is 158 cm³/mol. The van der Waals surface area contributed by atoms with Crippen LogP contribution in [0.25, 0.3) is 21.2 Å². The molecule has 0 saturated heterocycles. The highest BCUT2D eigenvalue weighted by Gasteiger charge is 2.32. The summed E-state index contributed by atoms with van der Waals surface area (Å²) in [5.74, 6) is 0.764. The highest BCUT2D eigenvalue weighted by Crippen LogP contribution is 2.38. The SMILES string of the molecule is CNC1CCC(N(Cc2cc(-c3ccc(C)nc3C)ccc2OC)C(=O)c2sc3ccccc3c2Cl)CC1. The number of carbonyl (C=O) groups excluding carboxylic acids is 1. The number of aryl methyl sites for hydroxylation is 2. The zero-order chi connectivity index (χ0) is 26.8. The van der Waals surface area contributed by atoms with E-state index in [1.54, 1.807) is 7.11 Å². The summed E-state index contributed by atoms with van der Waals surface area (Å²) in [7, 11) is 3.70. The number of aromatic nitrogens is 1. The summed E-state index contributed by atoms with van der Waals surface area (Å²) < 4.78 is 6.81. The van der Waals surface area contributed by atoms with Crippen molar-refractivity contribution in [2.24, 2.45) is 0 Å². The molecule has 1 fully saturated rings. The normalized spacial score (nSPS) is 17.5. The van der Waals surface area contributed by atoms with Crippen LogP contribution in [0.5, 0.6) is 5.75 Å². The molecule has 0 bridgehead atoms. The van der Waals surface area contributed by atoms with Crippen molar-refractivity contribution in [2.45, 2.75) is 58.2 Å². The van der Waals surface area contributed by atoms with Crippen molar-refractivity contribution in [1.29, 1.82) is 0 Å². The Morgan fingerprint density at radius 2 is 1.87 bits per heavy atom. The lowest BCUT2D eigenvalue weighted by Gasteiger charge is -2.37. The van der Waals surface area contributed by atoms with Gasteiger partial charge in [-0.05, 0) is 76.4 Å². The zero-order valence-corrected chi connectivity index (χ0v) is 24.0. The number of amides is 1. The van der Waals surface area contributed by atoms with Gasteiger partial charge in [-0.15, -0.1) is 11.3 Å². The van der Waals surface area contributed by atoms with Crippen LogP contribution in [0.15, 0.2) is 54.6 Å². The second-order valence-corrected chi connectivity index (χ2v) is 11.5. The van der Waals surface area contributed by atoms with Gasteiger partial charge in [-0.1, -0.05) is 41.9 Å². The molecule has 2 aromatic carbocycles. The number of ether oxygens (including phenoxy) is 1. The fourth-order valence-electron chi connectivity index (χ4n) is 5.57. The van der Waals surface area contributed by atoms with Crippen LogP contribution in [0.4, 0.5) is 0 Å². The monoisotopic (exact) mass is 547 g/mol. The van der Waals surface area contributed by atoms with Crippen molar-refractivity contribution in [3.8, 4) is 16.9 Å². The van der Waals surface area contributed by atoms with Gasteiger partial charge < -0.3 is 15.0 Å². The molecule has 1 N–H and O–H groups in total. The molecule has 0 unspecified atom stereocenters. The molecule has 4 aromatic rings. The number of methoxy groups -OCH3 is 1. The first-order chi connectivity index (χ1) is 18.4. The number of rotatable bonds is 7. The molecule has 1 amide bonds. The number of hydrogen-bond donors (Lipinski definition) is 1. The Balaban J connectivity index is 1.54. The van der Waals surface area contributed by atoms with Crippen LogP contribution >= 0.6 is 22.9 Å². The molecule has 1 aliphatic carbocycles. The predicted octanol–water partition coefficient (Wildman–Crippen LogP) is 7.42. The summed E-state index contributed by atoms with van der Waals surface area (Å²) in [5.41, 5.74) is 5.10. The molecule has 0 aliphatic heterocycles. The Morgan fingerprint density at radius 1 is 1.11 bits per heavy atom. The molecule has 38 heavy (non-hydrogen) atoms. The number of nitrogens with zero attached hydrogens (tertiary/aromatic N) is 2. The third-order valence-electron chi connectivity index (χ3n) is 7.69. The Bertz CT molecular complexity index is 1460. The van der Waals surface area contributed by atoms with Gasteiger partial charge in [0.25, 0.3) is 5.91 Å². The summed E-state index contributed by atoms with van der Waals surface area (Å²) in [5, 5.41) is 4.89. The Labute approximate surface area is 233 Å². The Morgan fingerprint density at radius 3 is 2.55 bits per heavy atom. The first kappa shape index (κ1) is 26.7. The summed E-state index contributed by atoms with van der Waals surface area (Å²) in [6.45, 7) is 4.49. The van der Waals surface area contributed by atoms with E-state index in [2.05, 4.69) is 28.5 Å². The lowest BCUT2D eigenvalue weighted by Crippen LogP contribution is -2.44. The van der Waals surface area contributed by atoms with Gasteiger partial charge in [0.1, 0.15) is 10.6 Å². The number of benzene rings is 2. The lowest BCUT2D eigenvalue weighted by atomic mass is 9.89. The maximum Gasteiger partial charge on any atom is 0.266 e. The largest absolute Gasteiger partial charge is 0.496 e. The molecule has 0 spiro atoms. The lowest BCUT2D eigenvalue weighted by molar-refractivity contribution is 0.0604. The topological polar surface area (TPSA) is 54.5 Å². The number of pyridine rings is 1. The van der Waals surface area contributed by atoms with Gasteiger partial charge >= 0.3 is 0 Å². The van der Waals surface area contributed by atoms with Crippen molar-refractivity contribution in [3.63, 3.8) is 0 Å². The minimum atomic E-state index is -0.00949. The highest BCUT2D eigenvalue weighted by atomic mass is 35.5. The Hall–Kier alpha value is -2.93. The number of halogens is 1.